The smallest absolute Gasteiger partial charge is 0.322 e. The first kappa shape index (κ1) is 9.80. The van der Waals surface area contributed by atoms with Crippen molar-refractivity contribution in [1.82, 2.24) is 0 Å². The molecule has 0 spiro atoms. The maximum absolute atomic E-state index is 10.1. The Morgan fingerprint density at radius 1 is 1.38 bits per heavy atom. The Morgan fingerprint density at radius 2 is 2.08 bits per heavy atom. The van der Waals surface area contributed by atoms with Gasteiger partial charge in [0, 0.05) is 5.47 Å². The molecule has 1 N–H and O–H groups in total. The van der Waals surface area contributed by atoms with E-state index >= 15 is 0 Å². The Hall–Kier alpha value is -1.29. The Bertz CT molecular complexity index is 297. The fraction of sp³-hybridized carbons (Fsp3) is 0. The summed E-state index contributed by atoms with van der Waals surface area (Å²) in [5.74, 6) is 0.832. The van der Waals surface area contributed by atoms with Gasteiger partial charge in [0.2, 0.25) is 0 Å². The molecule has 0 unspecified atom stereocenters. The largest absolute Gasteiger partial charge is 0.478 e. The van der Waals surface area contributed by atoms with Gasteiger partial charge in [-0.1, -0.05) is 24.3 Å². The van der Waals surface area contributed by atoms with E-state index in [-0.39, 0.29) is 0 Å². The zero-order valence-corrected chi connectivity index (χ0v) is 7.70. The summed E-state index contributed by atoms with van der Waals surface area (Å²) in [6.07, 6.45) is 3.26. The molecular formula is C9H8BO2S. The molecule has 13 heavy (non-hydrogen) atoms. The average Bonchev–Trinajstić information content (AvgIpc) is 2.82. The van der Waals surface area contributed by atoms with Crippen LogP contribution in [0.25, 0.3) is 0 Å². The van der Waals surface area contributed by atoms with Crippen LogP contribution in [0.2, 0.25) is 0 Å². The molecule has 0 saturated carbocycles. The topological polar surface area (TPSA) is 37.3 Å². The van der Waals surface area contributed by atoms with Gasteiger partial charge in [-0.25, -0.2) is 4.79 Å². The van der Waals surface area contributed by atoms with E-state index < -0.39 is 5.97 Å². The van der Waals surface area contributed by atoms with Gasteiger partial charge in [0.05, 0.1) is 0 Å². The number of carboxylic acids is 1. The molecule has 1 aliphatic rings. The van der Waals surface area contributed by atoms with Crippen LogP contribution in [-0.2, 0) is 4.79 Å². The van der Waals surface area contributed by atoms with Gasteiger partial charge in [-0.05, 0) is 10.8 Å². The second-order valence-corrected chi connectivity index (χ2v) is 3.09. The van der Waals surface area contributed by atoms with Gasteiger partial charge >= 0.3 is 5.97 Å². The summed E-state index contributed by atoms with van der Waals surface area (Å²) in [5.41, 5.74) is 0.352. The van der Waals surface area contributed by atoms with Crippen molar-refractivity contribution in [2.75, 3.05) is 0 Å². The van der Waals surface area contributed by atoms with E-state index in [0.29, 0.717) is 5.47 Å². The molecule has 0 bridgehead atoms. The molecule has 4 heteroatoms. The van der Waals surface area contributed by atoms with Crippen molar-refractivity contribution in [3.8, 4) is 0 Å². The third-order valence-corrected chi connectivity index (χ3v) is 1.96. The van der Waals surface area contributed by atoms with Crippen molar-refractivity contribution in [2.45, 2.75) is 0 Å². The summed E-state index contributed by atoms with van der Waals surface area (Å²) in [7, 11) is 1.56. The highest BCUT2D eigenvalue weighted by molar-refractivity contribution is 7.07. The fourth-order valence-corrected chi connectivity index (χ4v) is 1.20. The van der Waals surface area contributed by atoms with Gasteiger partial charge in [0.25, 0.3) is 0 Å². The first-order chi connectivity index (χ1) is 6.30. The van der Waals surface area contributed by atoms with Crippen molar-refractivity contribution < 1.29 is 9.90 Å². The Kier molecular flexibility index (Phi) is 4.05. The Balaban J connectivity index is 0.000000145. The fourth-order valence-electron chi connectivity index (χ4n) is 0.743. The van der Waals surface area contributed by atoms with Crippen molar-refractivity contribution in [3.05, 3.63) is 46.5 Å². The number of allylic oxidation sites excluding steroid dienone is 2. The van der Waals surface area contributed by atoms with E-state index in [4.69, 9.17) is 5.11 Å². The average molecular weight is 191 g/mol. The molecule has 1 aromatic heterocycles. The molecule has 1 aliphatic heterocycles. The molecule has 0 fully saturated rings. The number of hydrogen-bond acceptors (Lipinski definition) is 2. The first-order valence-electron chi connectivity index (χ1n) is 3.73. The SMILES string of the molecule is O=C(O)C1=CC=C[B]1.c1ccsc1. The van der Waals surface area contributed by atoms with Gasteiger partial charge in [0.1, 0.15) is 0 Å². The molecule has 0 amide bonds. The molecule has 1 aromatic rings. The normalized spacial score (nSPS) is 12.5. The van der Waals surface area contributed by atoms with Gasteiger partial charge in [-0.15, -0.1) is 5.98 Å². The maximum Gasteiger partial charge on any atom is 0.322 e. The summed E-state index contributed by atoms with van der Waals surface area (Å²) in [6, 6.07) is 4.04. The highest BCUT2D eigenvalue weighted by Gasteiger charge is 2.07. The highest BCUT2D eigenvalue weighted by atomic mass is 32.1. The number of carboxylic acid groups (broad SMARTS) is 1. The standard InChI is InChI=1S/C5H4BO2.C4H4S/c7-5(8)4-2-1-3-6-4;1-2-4-5-3-1/h1-3H,(H,7,8);1-4H. The predicted molar refractivity (Wildman–Crippen MR) is 54.9 cm³/mol. The van der Waals surface area contributed by atoms with Crippen molar-refractivity contribution >= 4 is 24.6 Å². The maximum atomic E-state index is 10.1. The van der Waals surface area contributed by atoms with Crippen LogP contribution < -0.4 is 0 Å². The van der Waals surface area contributed by atoms with Crippen LogP contribution in [-0.4, -0.2) is 18.4 Å². The van der Waals surface area contributed by atoms with Crippen molar-refractivity contribution in [2.24, 2.45) is 0 Å². The van der Waals surface area contributed by atoms with E-state index in [1.54, 1.807) is 36.7 Å². The van der Waals surface area contributed by atoms with Crippen LogP contribution in [0.1, 0.15) is 0 Å². The lowest BCUT2D eigenvalue weighted by Gasteiger charge is -1.85. The summed E-state index contributed by atoms with van der Waals surface area (Å²) < 4.78 is 0. The van der Waals surface area contributed by atoms with Crippen molar-refractivity contribution in [1.29, 1.82) is 0 Å². The minimum Gasteiger partial charge on any atom is -0.478 e. The number of hydrogen-bond donors (Lipinski definition) is 1. The predicted octanol–water partition coefficient (Wildman–Crippen LogP) is 1.93. The van der Waals surface area contributed by atoms with Gasteiger partial charge in [-0.2, -0.15) is 11.3 Å². The van der Waals surface area contributed by atoms with Crippen LogP contribution in [0.3, 0.4) is 0 Å². The molecule has 0 aliphatic carbocycles. The number of carbonyl (C=O) groups is 1. The summed E-state index contributed by atoms with van der Waals surface area (Å²) in [6.45, 7) is 0. The highest BCUT2D eigenvalue weighted by Crippen LogP contribution is 1.99. The van der Waals surface area contributed by atoms with Crippen LogP contribution in [0.15, 0.2) is 46.5 Å². The van der Waals surface area contributed by atoms with E-state index in [0.717, 1.165) is 0 Å². The molecule has 2 heterocycles. The summed E-state index contributed by atoms with van der Waals surface area (Å²) >= 11 is 1.71. The third kappa shape index (κ3) is 3.76. The lowest BCUT2D eigenvalue weighted by atomic mass is 9.73. The quantitative estimate of drug-likeness (QED) is 0.688. The second-order valence-electron chi connectivity index (χ2n) is 2.27. The number of rotatable bonds is 1. The monoisotopic (exact) mass is 191 g/mol. The number of thiophene rings is 1. The Morgan fingerprint density at radius 3 is 2.31 bits per heavy atom. The van der Waals surface area contributed by atoms with Crippen molar-refractivity contribution in [3.63, 3.8) is 0 Å². The summed E-state index contributed by atoms with van der Waals surface area (Å²) in [4.78, 5) is 10.1. The second kappa shape index (κ2) is 5.38. The van der Waals surface area contributed by atoms with E-state index in [1.807, 2.05) is 22.9 Å². The molecule has 65 valence electrons. The van der Waals surface area contributed by atoms with Crippen LogP contribution in [0, 0.1) is 0 Å². The van der Waals surface area contributed by atoms with Gasteiger partial charge < -0.3 is 5.11 Å². The van der Waals surface area contributed by atoms with Crippen LogP contribution in [0.4, 0.5) is 0 Å². The molecule has 1 radical (unpaired) electrons. The minimum atomic E-state index is -0.866. The molecular weight excluding hydrogens is 183 g/mol. The zero-order chi connectivity index (χ0) is 9.52. The van der Waals surface area contributed by atoms with E-state index in [9.17, 15) is 4.79 Å². The molecule has 0 saturated heterocycles. The van der Waals surface area contributed by atoms with Crippen LogP contribution >= 0.6 is 11.3 Å². The molecule has 0 atom stereocenters. The zero-order valence-electron chi connectivity index (χ0n) is 6.88. The summed E-state index contributed by atoms with van der Waals surface area (Å²) in [5, 5.41) is 12.4. The van der Waals surface area contributed by atoms with Gasteiger partial charge in [-0.3, -0.25) is 0 Å². The number of aliphatic carboxylic acids is 1. The lowest BCUT2D eigenvalue weighted by Crippen LogP contribution is -2.02. The lowest BCUT2D eigenvalue weighted by molar-refractivity contribution is -0.131. The van der Waals surface area contributed by atoms with E-state index in [1.165, 1.54) is 0 Å². The van der Waals surface area contributed by atoms with Gasteiger partial charge in [0.15, 0.2) is 7.28 Å². The molecule has 0 aromatic carbocycles. The Labute approximate surface area is 81.5 Å². The minimum absolute atomic E-state index is 0.352. The molecule has 2 nitrogen and oxygen atoms in total. The third-order valence-electron chi connectivity index (χ3n) is 1.34. The molecule has 2 rings (SSSR count). The first-order valence-corrected chi connectivity index (χ1v) is 4.67. The van der Waals surface area contributed by atoms with Crippen LogP contribution in [0.5, 0.6) is 0 Å². The van der Waals surface area contributed by atoms with E-state index in [2.05, 4.69) is 0 Å².